The third-order valence-electron chi connectivity index (χ3n) is 7.52. The molecule has 0 aliphatic rings. The molecule has 0 bridgehead atoms. The molecule has 0 saturated carbocycles. The van der Waals surface area contributed by atoms with Gasteiger partial charge in [0.2, 0.25) is 0 Å². The molecule has 0 aliphatic carbocycles. The second-order valence-corrected chi connectivity index (χ2v) is 10.3. The summed E-state index contributed by atoms with van der Waals surface area (Å²) in [6.45, 7) is 3.05. The van der Waals surface area contributed by atoms with Crippen molar-refractivity contribution < 1.29 is 33.3 Å². The maximum absolute atomic E-state index is 11.9. The minimum absolute atomic E-state index is 0.243. The van der Waals surface area contributed by atoms with Gasteiger partial charge in [-0.25, -0.2) is 4.79 Å². The monoisotopic (exact) mass is 600 g/mol. The molecule has 0 radical (unpaired) electrons. The number of benzene rings is 5. The van der Waals surface area contributed by atoms with E-state index in [4.69, 9.17) is 18.9 Å². The highest BCUT2D eigenvalue weighted by Crippen LogP contribution is 2.36. The lowest BCUT2D eigenvalue weighted by Crippen LogP contribution is -2.14. The van der Waals surface area contributed by atoms with Crippen molar-refractivity contribution in [3.63, 3.8) is 0 Å². The van der Waals surface area contributed by atoms with Crippen LogP contribution in [0.3, 0.4) is 0 Å². The molecule has 0 spiro atoms. The predicted octanol–water partition coefficient (Wildman–Crippen LogP) is 7.55. The van der Waals surface area contributed by atoms with Gasteiger partial charge in [-0.05, 0) is 70.6 Å². The standard InChI is InChI=1S/C38H32O7/c1-26-21-31(38(41)42-2)16-20-33(26)28-14-17-32(18-15-28)43-23-27-13-19-34(36(44-24-39)29-9-5-3-6-10-29)35(22-27)37(45-25-40)30-11-7-4-8-12-30/h3-22,24-25,36-37H,23H2,1-2H3. The van der Waals surface area contributed by atoms with E-state index in [0.29, 0.717) is 35.4 Å². The van der Waals surface area contributed by atoms with Crippen LogP contribution in [0.4, 0.5) is 0 Å². The molecule has 0 saturated heterocycles. The molecule has 0 N–H and O–H groups in total. The van der Waals surface area contributed by atoms with Crippen LogP contribution in [0.2, 0.25) is 0 Å². The molecule has 0 fully saturated rings. The molecular formula is C38H32O7. The summed E-state index contributed by atoms with van der Waals surface area (Å²) in [5.74, 6) is 0.299. The number of hydrogen-bond acceptors (Lipinski definition) is 7. The first-order valence-electron chi connectivity index (χ1n) is 14.4. The number of methoxy groups -OCH3 is 1. The minimum atomic E-state index is -0.742. The second kappa shape index (κ2) is 14.7. The Morgan fingerprint density at radius 3 is 1.84 bits per heavy atom. The van der Waals surface area contributed by atoms with Gasteiger partial charge in [0.05, 0.1) is 12.7 Å². The predicted molar refractivity (Wildman–Crippen MR) is 170 cm³/mol. The second-order valence-electron chi connectivity index (χ2n) is 10.3. The van der Waals surface area contributed by atoms with Gasteiger partial charge in [-0.15, -0.1) is 0 Å². The summed E-state index contributed by atoms with van der Waals surface area (Å²) >= 11 is 0. The highest BCUT2D eigenvalue weighted by atomic mass is 16.5. The fourth-order valence-electron chi connectivity index (χ4n) is 5.34. The Morgan fingerprint density at radius 1 is 0.689 bits per heavy atom. The first-order chi connectivity index (χ1) is 22.0. The van der Waals surface area contributed by atoms with Crippen LogP contribution in [0, 0.1) is 6.92 Å². The van der Waals surface area contributed by atoms with Crippen LogP contribution in [-0.2, 0) is 30.4 Å². The Bertz CT molecular complexity index is 1750. The lowest BCUT2D eigenvalue weighted by Gasteiger charge is -2.25. The zero-order chi connectivity index (χ0) is 31.6. The number of hydrogen-bond donors (Lipinski definition) is 0. The van der Waals surface area contributed by atoms with E-state index in [-0.39, 0.29) is 12.6 Å². The number of aryl methyl sites for hydroxylation is 1. The minimum Gasteiger partial charge on any atom is -0.489 e. The van der Waals surface area contributed by atoms with Gasteiger partial charge in [0.15, 0.2) is 12.2 Å². The maximum atomic E-state index is 11.9. The summed E-state index contributed by atoms with van der Waals surface area (Å²) in [5, 5.41) is 0. The van der Waals surface area contributed by atoms with Crippen LogP contribution in [0.15, 0.2) is 121 Å². The van der Waals surface area contributed by atoms with Crippen LogP contribution < -0.4 is 4.74 Å². The van der Waals surface area contributed by atoms with E-state index in [1.807, 2.05) is 122 Å². The smallest absolute Gasteiger partial charge is 0.337 e. The van der Waals surface area contributed by atoms with Gasteiger partial charge in [-0.2, -0.15) is 0 Å². The van der Waals surface area contributed by atoms with E-state index in [2.05, 4.69) is 0 Å². The Balaban J connectivity index is 1.43. The molecule has 5 rings (SSSR count). The van der Waals surface area contributed by atoms with Crippen molar-refractivity contribution in [1.82, 2.24) is 0 Å². The van der Waals surface area contributed by atoms with Crippen molar-refractivity contribution in [3.8, 4) is 16.9 Å². The molecule has 45 heavy (non-hydrogen) atoms. The summed E-state index contributed by atoms with van der Waals surface area (Å²) in [7, 11) is 1.36. The molecule has 0 heterocycles. The van der Waals surface area contributed by atoms with Crippen LogP contribution in [0.5, 0.6) is 5.75 Å². The summed E-state index contributed by atoms with van der Waals surface area (Å²) in [5.41, 5.74) is 7.19. The van der Waals surface area contributed by atoms with Crippen molar-refractivity contribution in [2.24, 2.45) is 0 Å². The average Bonchev–Trinajstić information content (AvgIpc) is 3.09. The average molecular weight is 601 g/mol. The summed E-state index contributed by atoms with van der Waals surface area (Å²) in [4.78, 5) is 35.2. The van der Waals surface area contributed by atoms with Crippen molar-refractivity contribution in [3.05, 3.63) is 160 Å². The number of carbonyl (C=O) groups is 3. The maximum Gasteiger partial charge on any atom is 0.337 e. The third-order valence-corrected chi connectivity index (χ3v) is 7.52. The summed E-state index contributed by atoms with van der Waals surface area (Å²) in [6.07, 6.45) is -1.46. The fraction of sp³-hybridized carbons (Fsp3) is 0.132. The van der Waals surface area contributed by atoms with Crippen molar-refractivity contribution >= 4 is 18.9 Å². The molecule has 5 aromatic rings. The number of rotatable bonds is 13. The van der Waals surface area contributed by atoms with Gasteiger partial charge in [-0.1, -0.05) is 91.0 Å². The van der Waals surface area contributed by atoms with Gasteiger partial charge in [-0.3, -0.25) is 9.59 Å². The molecule has 2 atom stereocenters. The van der Waals surface area contributed by atoms with Crippen molar-refractivity contribution in [2.75, 3.05) is 7.11 Å². The van der Waals surface area contributed by atoms with E-state index < -0.39 is 12.2 Å². The largest absolute Gasteiger partial charge is 0.489 e. The van der Waals surface area contributed by atoms with Gasteiger partial charge < -0.3 is 18.9 Å². The van der Waals surface area contributed by atoms with Gasteiger partial charge in [0.25, 0.3) is 12.9 Å². The number of esters is 1. The Hall–Kier alpha value is -5.69. The van der Waals surface area contributed by atoms with Crippen LogP contribution in [-0.4, -0.2) is 26.0 Å². The quantitative estimate of drug-likeness (QED) is 0.0783. The Morgan fingerprint density at radius 2 is 1.29 bits per heavy atom. The van der Waals surface area contributed by atoms with E-state index in [1.54, 1.807) is 6.07 Å². The fourth-order valence-corrected chi connectivity index (χ4v) is 5.34. The van der Waals surface area contributed by atoms with Crippen molar-refractivity contribution in [2.45, 2.75) is 25.7 Å². The first-order valence-corrected chi connectivity index (χ1v) is 14.4. The van der Waals surface area contributed by atoms with Gasteiger partial charge in [0, 0.05) is 11.1 Å². The third kappa shape index (κ3) is 7.28. The highest BCUT2D eigenvalue weighted by molar-refractivity contribution is 5.90. The highest BCUT2D eigenvalue weighted by Gasteiger charge is 2.26. The van der Waals surface area contributed by atoms with Crippen LogP contribution in [0.1, 0.15) is 55.9 Å². The first kappa shape index (κ1) is 30.8. The zero-order valence-corrected chi connectivity index (χ0v) is 24.9. The number of ether oxygens (including phenoxy) is 4. The molecule has 0 aliphatic heterocycles. The topological polar surface area (TPSA) is 88.1 Å². The Kier molecular flexibility index (Phi) is 10.0. The number of carbonyl (C=O) groups excluding carboxylic acids is 3. The molecule has 7 nitrogen and oxygen atoms in total. The molecule has 226 valence electrons. The Labute approximate surface area is 262 Å². The molecule has 0 amide bonds. The van der Waals surface area contributed by atoms with E-state index in [1.165, 1.54) is 7.11 Å². The summed E-state index contributed by atoms with van der Waals surface area (Å²) in [6, 6.07) is 37.7. The van der Waals surface area contributed by atoms with Crippen molar-refractivity contribution in [1.29, 1.82) is 0 Å². The zero-order valence-electron chi connectivity index (χ0n) is 24.9. The normalized spacial score (nSPS) is 12.0. The van der Waals surface area contributed by atoms with E-state index in [9.17, 15) is 14.4 Å². The van der Waals surface area contributed by atoms with E-state index in [0.717, 1.165) is 33.4 Å². The van der Waals surface area contributed by atoms with Crippen LogP contribution in [0.25, 0.3) is 11.1 Å². The molecule has 5 aromatic carbocycles. The molecular weight excluding hydrogens is 568 g/mol. The summed E-state index contributed by atoms with van der Waals surface area (Å²) < 4.78 is 22.2. The molecule has 2 unspecified atom stereocenters. The van der Waals surface area contributed by atoms with Gasteiger partial charge >= 0.3 is 5.97 Å². The van der Waals surface area contributed by atoms with Crippen LogP contribution >= 0.6 is 0 Å². The van der Waals surface area contributed by atoms with Gasteiger partial charge in [0.1, 0.15) is 12.4 Å². The lowest BCUT2D eigenvalue weighted by molar-refractivity contribution is -0.134. The lowest BCUT2D eigenvalue weighted by atomic mass is 9.89. The molecule has 7 heteroatoms. The van der Waals surface area contributed by atoms with E-state index >= 15 is 0 Å². The molecule has 0 aromatic heterocycles. The SMILES string of the molecule is COC(=O)c1ccc(-c2ccc(OCc3ccc(C(OC=O)c4ccccc4)c(C(OC=O)c4ccccc4)c3)cc2)c(C)c1.